The van der Waals surface area contributed by atoms with Crippen LogP contribution in [0.3, 0.4) is 0 Å². The number of ether oxygens (including phenoxy) is 1. The molecule has 1 heterocycles. The van der Waals surface area contributed by atoms with Gasteiger partial charge >= 0.3 is 5.97 Å². The number of sulfone groups is 1. The van der Waals surface area contributed by atoms with Crippen LogP contribution in [0.2, 0.25) is 0 Å². The largest absolute Gasteiger partial charge is 0.507 e. The Bertz CT molecular complexity index is 1210. The first-order chi connectivity index (χ1) is 13.8. The van der Waals surface area contributed by atoms with Gasteiger partial charge in [-0.25, -0.2) is 13.2 Å². The van der Waals surface area contributed by atoms with Crippen LogP contribution in [0.4, 0.5) is 0 Å². The molecule has 2 N–H and O–H groups in total. The zero-order valence-electron chi connectivity index (χ0n) is 15.3. The maximum Gasteiger partial charge on any atom is 0.339 e. The number of phenols is 1. The van der Waals surface area contributed by atoms with E-state index in [-0.39, 0.29) is 16.2 Å². The molecule has 3 aromatic carbocycles. The molecule has 4 rings (SSSR count). The van der Waals surface area contributed by atoms with E-state index in [4.69, 9.17) is 9.84 Å². The molecule has 0 saturated carbocycles. The lowest BCUT2D eigenvalue weighted by atomic mass is 10.0. The summed E-state index contributed by atoms with van der Waals surface area (Å²) in [5, 5.41) is 18.8. The number of fused-ring (bicyclic) bond motifs is 1. The number of carbonyl (C=O) groups is 1. The minimum Gasteiger partial charge on any atom is -0.507 e. The molecule has 7 heteroatoms. The molecular formula is C22H18O6S. The molecule has 0 fully saturated rings. The highest BCUT2D eigenvalue weighted by molar-refractivity contribution is 7.90. The molecular weight excluding hydrogens is 392 g/mol. The summed E-state index contributed by atoms with van der Waals surface area (Å²) in [4.78, 5) is 11.2. The van der Waals surface area contributed by atoms with Crippen LogP contribution in [-0.2, 0) is 22.0 Å². The SMILES string of the molecule is O=C(O)c1ccc(CS(=O)(=O)c2cccc(-c3ccc4c(c3)CCO4)c2)cc1O. The first-order valence-corrected chi connectivity index (χ1v) is 10.6. The fourth-order valence-corrected chi connectivity index (χ4v) is 4.76. The number of carboxylic acids is 1. The molecule has 0 amide bonds. The molecule has 0 unspecified atom stereocenters. The summed E-state index contributed by atoms with van der Waals surface area (Å²) in [6.45, 7) is 0.653. The first kappa shape index (κ1) is 19.0. The molecule has 6 nitrogen and oxygen atoms in total. The Kier molecular flexibility index (Phi) is 4.76. The Morgan fingerprint density at radius 3 is 2.55 bits per heavy atom. The smallest absolute Gasteiger partial charge is 0.339 e. The lowest BCUT2D eigenvalue weighted by Gasteiger charge is -2.09. The second-order valence-electron chi connectivity index (χ2n) is 6.86. The lowest BCUT2D eigenvalue weighted by molar-refractivity contribution is 0.0693. The fraction of sp³-hybridized carbons (Fsp3) is 0.136. The predicted molar refractivity (Wildman–Crippen MR) is 107 cm³/mol. The number of carboxylic acid groups (broad SMARTS) is 1. The first-order valence-electron chi connectivity index (χ1n) is 8.97. The normalized spacial score (nSPS) is 13.0. The van der Waals surface area contributed by atoms with Gasteiger partial charge in [-0.2, -0.15) is 0 Å². The van der Waals surface area contributed by atoms with Crippen molar-refractivity contribution in [2.75, 3.05) is 6.61 Å². The van der Waals surface area contributed by atoms with E-state index in [1.807, 2.05) is 24.3 Å². The Labute approximate surface area is 167 Å². The minimum absolute atomic E-state index is 0.161. The molecule has 29 heavy (non-hydrogen) atoms. The third-order valence-corrected chi connectivity index (χ3v) is 6.55. The topological polar surface area (TPSA) is 101 Å². The Balaban J connectivity index is 1.63. The van der Waals surface area contributed by atoms with Gasteiger partial charge in [0.1, 0.15) is 17.1 Å². The van der Waals surface area contributed by atoms with E-state index < -0.39 is 21.6 Å². The van der Waals surface area contributed by atoms with Crippen molar-refractivity contribution in [3.63, 3.8) is 0 Å². The molecule has 3 aromatic rings. The molecule has 0 bridgehead atoms. The van der Waals surface area contributed by atoms with Gasteiger partial charge in [-0.05, 0) is 58.7 Å². The van der Waals surface area contributed by atoms with Crippen molar-refractivity contribution in [2.45, 2.75) is 17.1 Å². The maximum absolute atomic E-state index is 12.9. The van der Waals surface area contributed by atoms with Gasteiger partial charge in [-0.15, -0.1) is 0 Å². The highest BCUT2D eigenvalue weighted by Gasteiger charge is 2.19. The van der Waals surface area contributed by atoms with Gasteiger partial charge in [0.25, 0.3) is 0 Å². The van der Waals surface area contributed by atoms with Gasteiger partial charge in [0, 0.05) is 6.42 Å². The quantitative estimate of drug-likeness (QED) is 0.666. The molecule has 0 spiro atoms. The Morgan fingerprint density at radius 1 is 1.00 bits per heavy atom. The molecule has 148 valence electrons. The second kappa shape index (κ2) is 7.25. The van der Waals surface area contributed by atoms with Crippen molar-refractivity contribution in [3.05, 3.63) is 77.4 Å². The lowest BCUT2D eigenvalue weighted by Crippen LogP contribution is -2.06. The van der Waals surface area contributed by atoms with Crippen LogP contribution < -0.4 is 4.74 Å². The number of aromatic hydroxyl groups is 1. The van der Waals surface area contributed by atoms with E-state index in [1.54, 1.807) is 12.1 Å². The van der Waals surface area contributed by atoms with E-state index in [0.717, 1.165) is 28.9 Å². The monoisotopic (exact) mass is 410 g/mol. The van der Waals surface area contributed by atoms with Gasteiger partial charge in [-0.3, -0.25) is 0 Å². The summed E-state index contributed by atoms with van der Waals surface area (Å²) in [5.74, 6) is -1.21. The van der Waals surface area contributed by atoms with Gasteiger partial charge in [0.15, 0.2) is 9.84 Å². The maximum atomic E-state index is 12.9. The molecule has 0 radical (unpaired) electrons. The zero-order valence-corrected chi connectivity index (χ0v) is 16.1. The van der Waals surface area contributed by atoms with Crippen LogP contribution in [0.1, 0.15) is 21.5 Å². The third kappa shape index (κ3) is 3.82. The Morgan fingerprint density at radius 2 is 1.79 bits per heavy atom. The van der Waals surface area contributed by atoms with Crippen molar-refractivity contribution >= 4 is 15.8 Å². The summed E-state index contributed by atoms with van der Waals surface area (Å²) >= 11 is 0. The van der Waals surface area contributed by atoms with E-state index in [9.17, 15) is 18.3 Å². The van der Waals surface area contributed by atoms with E-state index in [0.29, 0.717) is 12.2 Å². The molecule has 0 atom stereocenters. The van der Waals surface area contributed by atoms with Gasteiger partial charge < -0.3 is 14.9 Å². The average molecular weight is 410 g/mol. The summed E-state index contributed by atoms with van der Waals surface area (Å²) in [5.41, 5.74) is 2.84. The van der Waals surface area contributed by atoms with Gasteiger partial charge in [-0.1, -0.05) is 24.3 Å². The molecule has 0 aliphatic carbocycles. The van der Waals surface area contributed by atoms with E-state index in [1.165, 1.54) is 24.3 Å². The summed E-state index contributed by atoms with van der Waals surface area (Å²) in [6, 6.07) is 16.3. The van der Waals surface area contributed by atoms with Crippen molar-refractivity contribution in [3.8, 4) is 22.6 Å². The minimum atomic E-state index is -3.69. The van der Waals surface area contributed by atoms with Crippen molar-refractivity contribution in [1.29, 1.82) is 0 Å². The van der Waals surface area contributed by atoms with Crippen molar-refractivity contribution < 1.29 is 28.2 Å². The van der Waals surface area contributed by atoms with Crippen LogP contribution in [0, 0.1) is 0 Å². The van der Waals surface area contributed by atoms with Gasteiger partial charge in [0.2, 0.25) is 0 Å². The van der Waals surface area contributed by atoms with Crippen LogP contribution >= 0.6 is 0 Å². The van der Waals surface area contributed by atoms with E-state index in [2.05, 4.69) is 0 Å². The zero-order chi connectivity index (χ0) is 20.6. The Hall–Kier alpha value is -3.32. The van der Waals surface area contributed by atoms with Crippen LogP contribution in [-0.4, -0.2) is 31.2 Å². The highest BCUT2D eigenvalue weighted by Crippen LogP contribution is 2.32. The fourth-order valence-electron chi connectivity index (χ4n) is 3.39. The average Bonchev–Trinajstić information content (AvgIpc) is 3.15. The van der Waals surface area contributed by atoms with E-state index >= 15 is 0 Å². The van der Waals surface area contributed by atoms with Crippen LogP contribution in [0.5, 0.6) is 11.5 Å². The molecule has 1 aliphatic heterocycles. The number of hydrogen-bond donors (Lipinski definition) is 2. The molecule has 1 aliphatic rings. The summed E-state index contributed by atoms with van der Waals surface area (Å²) in [7, 11) is -3.69. The third-order valence-electron chi connectivity index (χ3n) is 4.87. The van der Waals surface area contributed by atoms with Crippen LogP contribution in [0.15, 0.2) is 65.6 Å². The summed E-state index contributed by atoms with van der Waals surface area (Å²) < 4.78 is 31.3. The van der Waals surface area contributed by atoms with Crippen molar-refractivity contribution in [2.24, 2.45) is 0 Å². The standard InChI is InChI=1S/C22H18O6S/c23-20-10-14(4-6-19(20)22(24)25)13-29(26,27)18-3-1-2-15(12-18)16-5-7-21-17(11-16)8-9-28-21/h1-7,10-12,23H,8-9,13H2,(H,24,25). The number of aromatic carboxylic acids is 1. The number of benzene rings is 3. The number of hydrogen-bond acceptors (Lipinski definition) is 5. The molecule has 0 saturated heterocycles. The predicted octanol–water partition coefficient (Wildman–Crippen LogP) is 3.67. The summed E-state index contributed by atoms with van der Waals surface area (Å²) in [6.07, 6.45) is 0.830. The highest BCUT2D eigenvalue weighted by atomic mass is 32.2. The van der Waals surface area contributed by atoms with Gasteiger partial charge in [0.05, 0.1) is 17.3 Å². The van der Waals surface area contributed by atoms with Crippen molar-refractivity contribution in [1.82, 2.24) is 0 Å². The molecule has 0 aromatic heterocycles. The number of rotatable bonds is 5. The second-order valence-corrected chi connectivity index (χ2v) is 8.85. The van der Waals surface area contributed by atoms with Crippen LogP contribution in [0.25, 0.3) is 11.1 Å².